The van der Waals surface area contributed by atoms with E-state index < -0.39 is 19.6 Å². The van der Waals surface area contributed by atoms with E-state index in [-0.39, 0.29) is 5.54 Å². The van der Waals surface area contributed by atoms with Crippen LogP contribution in [0.3, 0.4) is 0 Å². The lowest BCUT2D eigenvalue weighted by atomic mass is 10.1. The molecule has 0 heterocycles. The third-order valence-electron chi connectivity index (χ3n) is 2.41. The highest BCUT2D eigenvalue weighted by molar-refractivity contribution is 9.10. The van der Waals surface area contributed by atoms with Crippen molar-refractivity contribution in [1.29, 1.82) is 0 Å². The van der Waals surface area contributed by atoms with Crippen LogP contribution in [0.2, 0.25) is 0 Å². The first kappa shape index (κ1) is 18.3. The molecule has 0 aliphatic carbocycles. The summed E-state index contributed by atoms with van der Waals surface area (Å²) in [5.41, 5.74) is 0.765. The van der Waals surface area contributed by atoms with Crippen LogP contribution in [0.25, 0.3) is 0 Å². The molecule has 1 aromatic carbocycles. The smallest absolute Gasteiger partial charge is 0.411 e. The van der Waals surface area contributed by atoms with Gasteiger partial charge in [0.2, 0.25) is 0 Å². The van der Waals surface area contributed by atoms with E-state index in [1.807, 2.05) is 32.9 Å². The average molecular weight is 370 g/mol. The molecular formula is C14H19BrF3NO2. The molecule has 0 aliphatic rings. The van der Waals surface area contributed by atoms with Gasteiger partial charge in [-0.3, -0.25) is 0 Å². The second-order valence-corrected chi connectivity index (χ2v) is 6.41. The molecule has 3 nitrogen and oxygen atoms in total. The van der Waals surface area contributed by atoms with Crippen molar-refractivity contribution >= 4 is 15.9 Å². The number of benzene rings is 1. The Hall–Kier alpha value is -0.790. The standard InChI is InChI=1S/C14H19BrF3NO2/c1-13(2,3)19-7-10-5-4-6-11(15)12(10)21-9-20-8-14(16,17)18/h4-6,19H,7-9H2,1-3H3. The molecule has 1 N–H and O–H groups in total. The van der Waals surface area contributed by atoms with E-state index in [1.54, 1.807) is 6.07 Å². The van der Waals surface area contributed by atoms with Gasteiger partial charge in [0.15, 0.2) is 6.79 Å². The number of hydrogen-bond acceptors (Lipinski definition) is 3. The molecule has 0 unspecified atom stereocenters. The van der Waals surface area contributed by atoms with Crippen molar-refractivity contribution in [3.63, 3.8) is 0 Å². The summed E-state index contributed by atoms with van der Waals surface area (Å²) < 4.78 is 46.4. The number of halogens is 4. The molecule has 7 heteroatoms. The Morgan fingerprint density at radius 1 is 1.19 bits per heavy atom. The van der Waals surface area contributed by atoms with Gasteiger partial charge >= 0.3 is 6.18 Å². The predicted molar refractivity (Wildman–Crippen MR) is 78.2 cm³/mol. The van der Waals surface area contributed by atoms with Crippen molar-refractivity contribution < 1.29 is 22.6 Å². The number of rotatable bonds is 6. The fraction of sp³-hybridized carbons (Fsp3) is 0.571. The van der Waals surface area contributed by atoms with Gasteiger partial charge in [0.1, 0.15) is 12.4 Å². The number of hydrogen-bond donors (Lipinski definition) is 1. The quantitative estimate of drug-likeness (QED) is 0.600. The molecule has 21 heavy (non-hydrogen) atoms. The molecule has 0 fully saturated rings. The van der Waals surface area contributed by atoms with Gasteiger partial charge < -0.3 is 14.8 Å². The Morgan fingerprint density at radius 2 is 1.86 bits per heavy atom. The molecule has 0 amide bonds. The van der Waals surface area contributed by atoms with Crippen molar-refractivity contribution in [3.05, 3.63) is 28.2 Å². The lowest BCUT2D eigenvalue weighted by Crippen LogP contribution is -2.35. The second-order valence-electron chi connectivity index (χ2n) is 5.56. The zero-order valence-corrected chi connectivity index (χ0v) is 13.8. The van der Waals surface area contributed by atoms with Crippen LogP contribution in [0.5, 0.6) is 5.75 Å². The second kappa shape index (κ2) is 7.47. The highest BCUT2D eigenvalue weighted by atomic mass is 79.9. The lowest BCUT2D eigenvalue weighted by molar-refractivity contribution is -0.186. The normalized spacial score (nSPS) is 12.5. The summed E-state index contributed by atoms with van der Waals surface area (Å²) in [7, 11) is 0. The Bertz CT molecular complexity index is 459. The van der Waals surface area contributed by atoms with Crippen LogP contribution in [0.15, 0.2) is 22.7 Å². The van der Waals surface area contributed by atoms with E-state index in [4.69, 9.17) is 4.74 Å². The monoisotopic (exact) mass is 369 g/mol. The van der Waals surface area contributed by atoms with E-state index in [2.05, 4.69) is 26.0 Å². The van der Waals surface area contributed by atoms with Crippen molar-refractivity contribution in [2.45, 2.75) is 39.0 Å². The Kier molecular flexibility index (Phi) is 6.49. The maximum absolute atomic E-state index is 12.0. The summed E-state index contributed by atoms with van der Waals surface area (Å²) in [6.07, 6.45) is -4.35. The number of alkyl halides is 3. The van der Waals surface area contributed by atoms with E-state index in [0.717, 1.165) is 5.56 Å². The molecule has 0 atom stereocenters. The highest BCUT2D eigenvalue weighted by Crippen LogP contribution is 2.29. The molecule has 0 saturated carbocycles. The molecule has 0 spiro atoms. The number of ether oxygens (including phenoxy) is 2. The molecule has 1 rings (SSSR count). The first-order valence-corrected chi connectivity index (χ1v) is 7.17. The van der Waals surface area contributed by atoms with Gasteiger partial charge in [0.25, 0.3) is 0 Å². The van der Waals surface area contributed by atoms with Gasteiger partial charge in [0.05, 0.1) is 4.47 Å². The van der Waals surface area contributed by atoms with Gasteiger partial charge in [0, 0.05) is 17.6 Å². The van der Waals surface area contributed by atoms with E-state index >= 15 is 0 Å². The summed E-state index contributed by atoms with van der Waals surface area (Å²) in [6.45, 7) is 4.84. The first-order valence-electron chi connectivity index (χ1n) is 6.38. The van der Waals surface area contributed by atoms with Crippen molar-refractivity contribution in [2.24, 2.45) is 0 Å². The van der Waals surface area contributed by atoms with Crippen LogP contribution in [-0.4, -0.2) is 25.1 Å². The molecule has 1 aromatic rings. The maximum atomic E-state index is 12.0. The van der Waals surface area contributed by atoms with Gasteiger partial charge in [-0.1, -0.05) is 12.1 Å². The zero-order valence-electron chi connectivity index (χ0n) is 12.2. The van der Waals surface area contributed by atoms with Crippen molar-refractivity contribution in [1.82, 2.24) is 5.32 Å². The lowest BCUT2D eigenvalue weighted by Gasteiger charge is -2.22. The van der Waals surface area contributed by atoms with Gasteiger partial charge in [-0.25, -0.2) is 0 Å². The molecule has 120 valence electrons. The summed E-state index contributed by atoms with van der Waals surface area (Å²) in [5.74, 6) is 0.483. The molecular weight excluding hydrogens is 351 g/mol. The van der Waals surface area contributed by atoms with E-state index in [1.165, 1.54) is 0 Å². The summed E-state index contributed by atoms with van der Waals surface area (Å²) in [5, 5.41) is 3.30. The Labute approximate surface area is 130 Å². The summed E-state index contributed by atoms with van der Waals surface area (Å²) in [6, 6.07) is 5.45. The van der Waals surface area contributed by atoms with Gasteiger partial charge in [-0.2, -0.15) is 13.2 Å². The summed E-state index contributed by atoms with van der Waals surface area (Å²) >= 11 is 3.33. The minimum atomic E-state index is -4.35. The number of nitrogens with one attached hydrogen (secondary N) is 1. The molecule has 0 bridgehead atoms. The van der Waals surface area contributed by atoms with Crippen LogP contribution in [-0.2, 0) is 11.3 Å². The highest BCUT2D eigenvalue weighted by Gasteiger charge is 2.27. The number of para-hydroxylation sites is 1. The molecule has 0 aliphatic heterocycles. The average Bonchev–Trinajstić information content (AvgIpc) is 2.31. The van der Waals surface area contributed by atoms with Crippen molar-refractivity contribution in [3.8, 4) is 5.75 Å². The van der Waals surface area contributed by atoms with Crippen LogP contribution < -0.4 is 10.1 Å². The molecule has 0 radical (unpaired) electrons. The van der Waals surface area contributed by atoms with Crippen LogP contribution >= 0.6 is 15.9 Å². The van der Waals surface area contributed by atoms with Crippen LogP contribution in [0.1, 0.15) is 26.3 Å². The zero-order chi connectivity index (χ0) is 16.1. The third-order valence-corrected chi connectivity index (χ3v) is 3.03. The first-order chi connectivity index (χ1) is 9.58. The largest absolute Gasteiger partial charge is 0.466 e. The van der Waals surface area contributed by atoms with Crippen molar-refractivity contribution in [2.75, 3.05) is 13.4 Å². The molecule has 0 saturated heterocycles. The topological polar surface area (TPSA) is 30.5 Å². The molecule has 0 aromatic heterocycles. The minimum absolute atomic E-state index is 0.0770. The van der Waals surface area contributed by atoms with Crippen LogP contribution in [0, 0.1) is 0 Å². The van der Waals surface area contributed by atoms with E-state index in [0.29, 0.717) is 16.8 Å². The Balaban J connectivity index is 2.63. The fourth-order valence-electron chi connectivity index (χ4n) is 1.47. The predicted octanol–water partition coefficient (Wildman–Crippen LogP) is 4.25. The van der Waals surface area contributed by atoms with Crippen LogP contribution in [0.4, 0.5) is 13.2 Å². The maximum Gasteiger partial charge on any atom is 0.411 e. The van der Waals surface area contributed by atoms with Gasteiger partial charge in [-0.05, 0) is 42.8 Å². The van der Waals surface area contributed by atoms with E-state index in [9.17, 15) is 13.2 Å². The minimum Gasteiger partial charge on any atom is -0.466 e. The summed E-state index contributed by atoms with van der Waals surface area (Å²) in [4.78, 5) is 0. The Morgan fingerprint density at radius 3 is 2.43 bits per heavy atom. The van der Waals surface area contributed by atoms with Gasteiger partial charge in [-0.15, -0.1) is 0 Å². The fourth-order valence-corrected chi connectivity index (χ4v) is 1.99. The SMILES string of the molecule is CC(C)(C)NCc1cccc(Br)c1OCOCC(F)(F)F. The third kappa shape index (κ3) is 7.68.